The van der Waals surface area contributed by atoms with Crippen LogP contribution in [0.4, 0.5) is 11.4 Å². The monoisotopic (exact) mass is 510 g/mol. The van der Waals surface area contributed by atoms with E-state index < -0.39 is 0 Å². The van der Waals surface area contributed by atoms with E-state index in [1.165, 1.54) is 5.56 Å². The second-order valence-corrected chi connectivity index (χ2v) is 10.6. The molecule has 7 nitrogen and oxygen atoms in total. The van der Waals surface area contributed by atoms with Crippen molar-refractivity contribution in [3.63, 3.8) is 0 Å². The van der Waals surface area contributed by atoms with Crippen LogP contribution in [0.3, 0.4) is 0 Å². The molecule has 2 fully saturated rings. The fourth-order valence-corrected chi connectivity index (χ4v) is 6.00. The number of piperidine rings is 1. The Kier molecular flexibility index (Phi) is 7.69. The summed E-state index contributed by atoms with van der Waals surface area (Å²) in [5.74, 6) is 1.18. The number of hydrogen-bond donors (Lipinski definition) is 0. The van der Waals surface area contributed by atoms with Gasteiger partial charge in [-0.2, -0.15) is 5.26 Å². The number of rotatable bonds is 4. The minimum absolute atomic E-state index is 0.126. The quantitative estimate of drug-likeness (QED) is 0.610. The van der Waals surface area contributed by atoms with Crippen molar-refractivity contribution in [2.75, 3.05) is 62.7 Å². The fourth-order valence-electron chi connectivity index (χ4n) is 6.00. The molecule has 2 saturated heterocycles. The number of nitriles is 1. The maximum atomic E-state index is 13.6. The number of anilines is 2. The lowest BCUT2D eigenvalue weighted by Crippen LogP contribution is -2.50. The highest BCUT2D eigenvalue weighted by Gasteiger charge is 2.28. The van der Waals surface area contributed by atoms with Crippen molar-refractivity contribution in [3.05, 3.63) is 70.8 Å². The fraction of sp³-hybridized carbons (Fsp3) is 0.452. The van der Waals surface area contributed by atoms with E-state index in [0.29, 0.717) is 19.1 Å². The van der Waals surface area contributed by atoms with Crippen molar-refractivity contribution in [2.45, 2.75) is 39.2 Å². The van der Waals surface area contributed by atoms with Crippen LogP contribution in [0.15, 0.2) is 53.5 Å². The molecule has 0 saturated carbocycles. The van der Waals surface area contributed by atoms with Gasteiger partial charge in [0.1, 0.15) is 11.9 Å². The molecule has 3 aliphatic heterocycles. The average molecular weight is 511 g/mol. The van der Waals surface area contributed by atoms with Crippen molar-refractivity contribution < 1.29 is 4.79 Å². The molecular weight excluding hydrogens is 472 g/mol. The van der Waals surface area contributed by atoms with Crippen LogP contribution in [-0.2, 0) is 0 Å². The molecule has 0 N–H and O–H groups in total. The van der Waals surface area contributed by atoms with E-state index in [2.05, 4.69) is 64.0 Å². The van der Waals surface area contributed by atoms with Crippen LogP contribution in [0.5, 0.6) is 0 Å². The third-order valence-electron chi connectivity index (χ3n) is 8.26. The minimum atomic E-state index is 0.126. The van der Waals surface area contributed by atoms with Crippen molar-refractivity contribution in [3.8, 4) is 6.07 Å². The summed E-state index contributed by atoms with van der Waals surface area (Å²) in [6.07, 6.45) is 7.32. The van der Waals surface area contributed by atoms with Crippen LogP contribution in [0.2, 0.25) is 0 Å². The van der Waals surface area contributed by atoms with E-state index in [4.69, 9.17) is 0 Å². The van der Waals surface area contributed by atoms with Crippen LogP contribution >= 0.6 is 0 Å². The first-order valence-electron chi connectivity index (χ1n) is 13.8. The van der Waals surface area contributed by atoms with Crippen molar-refractivity contribution in [1.29, 1.82) is 5.26 Å². The van der Waals surface area contributed by atoms with Gasteiger partial charge in [0, 0.05) is 70.2 Å². The third kappa shape index (κ3) is 5.26. The smallest absolute Gasteiger partial charge is 0.254 e. The van der Waals surface area contributed by atoms with Crippen molar-refractivity contribution in [1.82, 2.24) is 9.80 Å². The topological polar surface area (TPSA) is 66.2 Å². The molecule has 0 spiro atoms. The molecule has 2 aromatic rings. The summed E-state index contributed by atoms with van der Waals surface area (Å²) in [5.41, 5.74) is 5.94. The molecule has 0 aromatic heterocycles. The van der Waals surface area contributed by atoms with Crippen LogP contribution in [0, 0.1) is 25.2 Å². The number of dihydropyridines is 1. The molecule has 0 aliphatic carbocycles. The summed E-state index contributed by atoms with van der Waals surface area (Å²) >= 11 is 0. The third-order valence-corrected chi connectivity index (χ3v) is 8.26. The van der Waals surface area contributed by atoms with E-state index >= 15 is 0 Å². The van der Waals surface area contributed by atoms with E-state index in [0.717, 1.165) is 85.9 Å². The molecule has 5 rings (SSSR count). The van der Waals surface area contributed by atoms with Gasteiger partial charge in [-0.1, -0.05) is 24.3 Å². The molecule has 3 aliphatic rings. The second-order valence-electron chi connectivity index (χ2n) is 10.6. The lowest BCUT2D eigenvalue weighted by Gasteiger charge is -2.40. The number of nitrogens with zero attached hydrogens (tertiary/aromatic N) is 6. The first-order valence-corrected chi connectivity index (χ1v) is 13.8. The SMILES string of the molecule is Cc1cc(C)c(N(C)C2CCN(c3ccccc3C#N)CC2)cc1C(=O)N1CCN(C2=NCCC=C2)CC1. The van der Waals surface area contributed by atoms with Gasteiger partial charge in [0.2, 0.25) is 0 Å². The Morgan fingerprint density at radius 3 is 2.42 bits per heavy atom. The molecule has 38 heavy (non-hydrogen) atoms. The number of piperazine rings is 1. The number of carbonyl (C=O) groups is 1. The Morgan fingerprint density at radius 1 is 1.00 bits per heavy atom. The van der Waals surface area contributed by atoms with Gasteiger partial charge in [0.25, 0.3) is 5.91 Å². The summed E-state index contributed by atoms with van der Waals surface area (Å²) in [7, 11) is 2.16. The first kappa shape index (κ1) is 25.8. The van der Waals surface area contributed by atoms with Crippen LogP contribution in [-0.4, -0.2) is 80.4 Å². The lowest BCUT2D eigenvalue weighted by atomic mass is 9.97. The number of carbonyl (C=O) groups excluding carboxylic acids is 1. The highest BCUT2D eigenvalue weighted by Crippen LogP contribution is 2.31. The minimum Gasteiger partial charge on any atom is -0.371 e. The number of amides is 1. The molecule has 198 valence electrons. The summed E-state index contributed by atoms with van der Waals surface area (Å²) in [4.78, 5) is 27.3. The summed E-state index contributed by atoms with van der Waals surface area (Å²) in [6, 6.07) is 14.9. The summed E-state index contributed by atoms with van der Waals surface area (Å²) in [6.45, 7) is 9.94. The Hall–Kier alpha value is -3.79. The highest BCUT2D eigenvalue weighted by molar-refractivity contribution is 5.97. The maximum absolute atomic E-state index is 13.6. The lowest BCUT2D eigenvalue weighted by molar-refractivity contribution is 0.0691. The van der Waals surface area contributed by atoms with E-state index in [1.807, 2.05) is 36.1 Å². The largest absolute Gasteiger partial charge is 0.371 e. The molecule has 0 unspecified atom stereocenters. The number of para-hydroxylation sites is 1. The Morgan fingerprint density at radius 2 is 1.74 bits per heavy atom. The van der Waals surface area contributed by atoms with E-state index in [-0.39, 0.29) is 5.91 Å². The summed E-state index contributed by atoms with van der Waals surface area (Å²) < 4.78 is 0. The van der Waals surface area contributed by atoms with Gasteiger partial charge >= 0.3 is 0 Å². The number of benzene rings is 2. The molecule has 3 heterocycles. The second kappa shape index (κ2) is 11.3. The van der Waals surface area contributed by atoms with E-state index in [9.17, 15) is 10.1 Å². The van der Waals surface area contributed by atoms with Gasteiger partial charge < -0.3 is 19.6 Å². The Bertz CT molecular complexity index is 1280. The highest BCUT2D eigenvalue weighted by atomic mass is 16.2. The van der Waals surface area contributed by atoms with Gasteiger partial charge in [-0.25, -0.2) is 0 Å². The summed E-state index contributed by atoms with van der Waals surface area (Å²) in [5, 5.41) is 9.50. The van der Waals surface area contributed by atoms with Gasteiger partial charge in [0.05, 0.1) is 11.3 Å². The number of amidine groups is 1. The molecular formula is C31H38N6O. The zero-order valence-corrected chi connectivity index (χ0v) is 22.9. The van der Waals surface area contributed by atoms with Crippen LogP contribution in [0.25, 0.3) is 0 Å². The predicted molar refractivity (Wildman–Crippen MR) is 154 cm³/mol. The average Bonchev–Trinajstić information content (AvgIpc) is 2.97. The molecule has 7 heteroatoms. The Balaban J connectivity index is 1.25. The van der Waals surface area contributed by atoms with Crippen LogP contribution < -0.4 is 9.80 Å². The number of aryl methyl sites for hydroxylation is 2. The predicted octanol–water partition coefficient (Wildman–Crippen LogP) is 4.40. The maximum Gasteiger partial charge on any atom is 0.254 e. The molecule has 0 radical (unpaired) electrons. The van der Waals surface area contributed by atoms with Gasteiger partial charge in [-0.05, 0) is 68.5 Å². The zero-order chi connectivity index (χ0) is 26.6. The zero-order valence-electron chi connectivity index (χ0n) is 22.9. The molecule has 0 bridgehead atoms. The van der Waals surface area contributed by atoms with Gasteiger partial charge in [0.15, 0.2) is 0 Å². The molecule has 0 atom stereocenters. The standard InChI is InChI=1S/C31H38N6O/c1-23-20-24(2)29(34(3)26-11-14-35(15-12-26)28-9-5-4-8-25(28)22-32)21-27(23)31(38)37-18-16-36(17-19-37)30-10-6-7-13-33-30/h4-6,8-10,20-21,26H,7,11-19H2,1-3H3. The van der Waals surface area contributed by atoms with Crippen molar-refractivity contribution in [2.24, 2.45) is 4.99 Å². The van der Waals surface area contributed by atoms with E-state index in [1.54, 1.807) is 0 Å². The normalized spacial score (nSPS) is 18.3. The molecule has 2 aromatic carbocycles. The Labute approximate surface area is 226 Å². The van der Waals surface area contributed by atoms with Crippen molar-refractivity contribution >= 4 is 23.1 Å². The number of hydrogen-bond acceptors (Lipinski definition) is 6. The number of aliphatic imine (C=N–C) groups is 1. The van der Waals surface area contributed by atoms with Gasteiger partial charge in [-0.15, -0.1) is 0 Å². The van der Waals surface area contributed by atoms with Gasteiger partial charge in [-0.3, -0.25) is 9.79 Å². The van der Waals surface area contributed by atoms with Crippen LogP contribution in [0.1, 0.15) is 46.3 Å². The first-order chi connectivity index (χ1) is 18.5. The molecule has 1 amide bonds.